The van der Waals surface area contributed by atoms with Gasteiger partial charge in [0.25, 0.3) is 0 Å². The molecule has 142 valence electrons. The summed E-state index contributed by atoms with van der Waals surface area (Å²) in [4.78, 5) is 26.5. The fraction of sp³-hybridized carbons (Fsp3) is 0.500. The Hall–Kier alpha value is -1.75. The minimum atomic E-state index is -3.15. The van der Waals surface area contributed by atoms with E-state index in [2.05, 4.69) is 4.90 Å². The summed E-state index contributed by atoms with van der Waals surface area (Å²) < 4.78 is 27.3. The van der Waals surface area contributed by atoms with Gasteiger partial charge in [0, 0.05) is 44.3 Å². The lowest BCUT2D eigenvalue weighted by molar-refractivity contribution is 0.184. The zero-order chi connectivity index (χ0) is 18.7. The van der Waals surface area contributed by atoms with E-state index in [0.717, 1.165) is 17.1 Å². The topological polar surface area (TPSA) is 84.6 Å². The number of sulfonamides is 1. The SMILES string of the molecule is CS(=O)(=O)N1CCN(CCn2sc(=O)n(Cc3ccccc3)c2=O)CC1. The normalized spacial score (nSPS) is 16.8. The molecule has 3 rings (SSSR count). The standard InChI is InChI=1S/C16H22N4O4S2/c1-26(23,24)18-10-7-17(8-11-18)9-12-20-15(21)19(16(22)25-20)13-14-5-3-2-4-6-14/h2-6H,7-13H2,1H3. The molecule has 2 heterocycles. The van der Waals surface area contributed by atoms with Crippen molar-refractivity contribution < 1.29 is 8.42 Å². The van der Waals surface area contributed by atoms with Crippen LogP contribution in [0.1, 0.15) is 5.56 Å². The minimum absolute atomic E-state index is 0.263. The number of aromatic nitrogens is 2. The molecule has 0 atom stereocenters. The van der Waals surface area contributed by atoms with Gasteiger partial charge in [0.15, 0.2) is 0 Å². The highest BCUT2D eigenvalue weighted by Crippen LogP contribution is 2.06. The summed E-state index contributed by atoms with van der Waals surface area (Å²) in [6.07, 6.45) is 1.22. The van der Waals surface area contributed by atoms with Crippen LogP contribution in [0.25, 0.3) is 0 Å². The summed E-state index contributed by atoms with van der Waals surface area (Å²) >= 11 is 0.932. The molecule has 10 heteroatoms. The fourth-order valence-corrected chi connectivity index (χ4v) is 4.56. The Bertz CT molecular complexity index is 954. The van der Waals surface area contributed by atoms with Crippen molar-refractivity contribution in [2.45, 2.75) is 13.1 Å². The minimum Gasteiger partial charge on any atom is -0.299 e. The second-order valence-electron chi connectivity index (χ2n) is 6.32. The molecule has 2 aromatic rings. The largest absolute Gasteiger partial charge is 0.341 e. The molecule has 1 aliphatic heterocycles. The number of nitrogens with zero attached hydrogens (tertiary/aromatic N) is 4. The van der Waals surface area contributed by atoms with Crippen LogP contribution in [0.15, 0.2) is 39.9 Å². The van der Waals surface area contributed by atoms with Gasteiger partial charge in [0.05, 0.1) is 19.3 Å². The third-order valence-corrected chi connectivity index (χ3v) is 6.69. The maximum Gasteiger partial charge on any atom is 0.341 e. The molecule has 0 spiro atoms. The van der Waals surface area contributed by atoms with E-state index in [0.29, 0.717) is 39.3 Å². The smallest absolute Gasteiger partial charge is 0.299 e. The molecule has 1 saturated heterocycles. The molecule has 0 amide bonds. The van der Waals surface area contributed by atoms with Crippen molar-refractivity contribution in [1.29, 1.82) is 0 Å². The van der Waals surface area contributed by atoms with Gasteiger partial charge in [-0.1, -0.05) is 30.3 Å². The predicted molar refractivity (Wildman–Crippen MR) is 101 cm³/mol. The van der Waals surface area contributed by atoms with Crippen LogP contribution in [-0.2, 0) is 23.1 Å². The van der Waals surface area contributed by atoms with Crippen LogP contribution >= 0.6 is 11.5 Å². The lowest BCUT2D eigenvalue weighted by atomic mass is 10.2. The van der Waals surface area contributed by atoms with Crippen molar-refractivity contribution in [1.82, 2.24) is 17.7 Å². The second-order valence-corrected chi connectivity index (χ2v) is 9.27. The van der Waals surface area contributed by atoms with Crippen LogP contribution in [0, 0.1) is 0 Å². The van der Waals surface area contributed by atoms with Crippen LogP contribution in [0.3, 0.4) is 0 Å². The first kappa shape index (κ1) is 19.0. The van der Waals surface area contributed by atoms with Gasteiger partial charge in [-0.25, -0.2) is 21.7 Å². The average molecular weight is 399 g/mol. The van der Waals surface area contributed by atoms with Crippen molar-refractivity contribution in [3.8, 4) is 0 Å². The van der Waals surface area contributed by atoms with Gasteiger partial charge >= 0.3 is 10.6 Å². The van der Waals surface area contributed by atoms with Gasteiger partial charge < -0.3 is 0 Å². The number of piperazine rings is 1. The van der Waals surface area contributed by atoms with Crippen molar-refractivity contribution in [2.75, 3.05) is 39.0 Å². The lowest BCUT2D eigenvalue weighted by Crippen LogP contribution is -2.49. The van der Waals surface area contributed by atoms with Gasteiger partial charge in [-0.3, -0.25) is 9.69 Å². The lowest BCUT2D eigenvalue weighted by Gasteiger charge is -2.33. The van der Waals surface area contributed by atoms with Crippen LogP contribution in [0.2, 0.25) is 0 Å². The van der Waals surface area contributed by atoms with E-state index < -0.39 is 10.0 Å². The molecule has 0 bridgehead atoms. The zero-order valence-corrected chi connectivity index (χ0v) is 16.2. The van der Waals surface area contributed by atoms with Crippen LogP contribution in [-0.4, -0.2) is 65.1 Å². The molecule has 0 unspecified atom stereocenters. The van der Waals surface area contributed by atoms with E-state index in [4.69, 9.17) is 0 Å². The third kappa shape index (κ3) is 4.50. The number of rotatable bonds is 6. The number of hydrogen-bond donors (Lipinski definition) is 0. The Kier molecular flexibility index (Phi) is 5.76. The Morgan fingerprint density at radius 2 is 1.65 bits per heavy atom. The first-order valence-electron chi connectivity index (χ1n) is 8.37. The van der Waals surface area contributed by atoms with E-state index in [1.165, 1.54) is 19.1 Å². The Morgan fingerprint density at radius 1 is 1.00 bits per heavy atom. The van der Waals surface area contributed by atoms with E-state index in [1.54, 1.807) is 0 Å². The molecule has 26 heavy (non-hydrogen) atoms. The van der Waals surface area contributed by atoms with Crippen molar-refractivity contribution in [3.63, 3.8) is 0 Å². The number of hydrogen-bond acceptors (Lipinski definition) is 6. The van der Waals surface area contributed by atoms with Gasteiger partial charge in [-0.2, -0.15) is 4.31 Å². The predicted octanol–water partition coefficient (Wildman–Crippen LogP) is -0.303. The molecule has 0 aliphatic carbocycles. The average Bonchev–Trinajstić information content (AvgIpc) is 2.88. The first-order valence-corrected chi connectivity index (χ1v) is 11.0. The van der Waals surface area contributed by atoms with Crippen LogP contribution in [0.5, 0.6) is 0 Å². The summed E-state index contributed by atoms with van der Waals surface area (Å²) in [5, 5.41) is 0. The van der Waals surface area contributed by atoms with Gasteiger partial charge in [0.2, 0.25) is 10.0 Å². The van der Waals surface area contributed by atoms with E-state index in [1.807, 2.05) is 30.3 Å². The highest BCUT2D eigenvalue weighted by atomic mass is 32.2. The highest BCUT2D eigenvalue weighted by Gasteiger charge is 2.23. The maximum atomic E-state index is 12.5. The van der Waals surface area contributed by atoms with Gasteiger partial charge in [0.1, 0.15) is 0 Å². The summed E-state index contributed by atoms with van der Waals surface area (Å²) in [5.41, 5.74) is 0.618. The fourth-order valence-electron chi connectivity index (χ4n) is 2.95. The highest BCUT2D eigenvalue weighted by molar-refractivity contribution is 7.88. The molecule has 0 radical (unpaired) electrons. The second kappa shape index (κ2) is 7.87. The quantitative estimate of drug-likeness (QED) is 0.667. The van der Waals surface area contributed by atoms with E-state index in [-0.39, 0.29) is 17.1 Å². The maximum absolute atomic E-state index is 12.5. The first-order chi connectivity index (χ1) is 12.3. The third-order valence-electron chi connectivity index (χ3n) is 4.46. The molecule has 0 saturated carbocycles. The summed E-state index contributed by atoms with van der Waals surface area (Å²) in [6.45, 7) is 3.48. The molecule has 1 aliphatic rings. The summed E-state index contributed by atoms with van der Waals surface area (Å²) in [6, 6.07) is 9.41. The molecule has 8 nitrogen and oxygen atoms in total. The van der Waals surface area contributed by atoms with Gasteiger partial charge in [-0.05, 0) is 5.56 Å². The van der Waals surface area contributed by atoms with E-state index >= 15 is 0 Å². The van der Waals surface area contributed by atoms with Gasteiger partial charge in [-0.15, -0.1) is 0 Å². The Morgan fingerprint density at radius 3 is 2.27 bits per heavy atom. The van der Waals surface area contributed by atoms with E-state index in [9.17, 15) is 18.0 Å². The monoisotopic (exact) mass is 398 g/mol. The van der Waals surface area contributed by atoms with Crippen molar-refractivity contribution in [2.24, 2.45) is 0 Å². The molecule has 0 N–H and O–H groups in total. The molecule has 1 aromatic heterocycles. The molecule has 1 fully saturated rings. The summed E-state index contributed by atoms with van der Waals surface area (Å²) in [5.74, 6) is 0. The molecular formula is C16H22N4O4S2. The van der Waals surface area contributed by atoms with Crippen LogP contribution < -0.4 is 10.6 Å². The Labute approximate surface area is 156 Å². The zero-order valence-electron chi connectivity index (χ0n) is 14.6. The molecule has 1 aromatic carbocycles. The summed E-state index contributed by atoms with van der Waals surface area (Å²) in [7, 11) is -3.15. The number of benzene rings is 1. The van der Waals surface area contributed by atoms with Crippen LogP contribution in [0.4, 0.5) is 0 Å². The Balaban J connectivity index is 1.61. The van der Waals surface area contributed by atoms with Crippen molar-refractivity contribution >= 4 is 21.6 Å². The van der Waals surface area contributed by atoms with Crippen molar-refractivity contribution in [3.05, 3.63) is 56.0 Å². The molecular weight excluding hydrogens is 376 g/mol.